The summed E-state index contributed by atoms with van der Waals surface area (Å²) in [7, 11) is 3.50. The number of benzene rings is 1. The molecule has 2 heterocycles. The number of rotatable bonds is 11. The van der Waals surface area contributed by atoms with Gasteiger partial charge in [0.15, 0.2) is 0 Å². The molecule has 2 aromatic heterocycles. The van der Waals surface area contributed by atoms with Crippen LogP contribution in [0.4, 0.5) is 29.2 Å². The smallest absolute Gasteiger partial charge is 0.383 e. The van der Waals surface area contributed by atoms with E-state index in [1.807, 2.05) is 18.1 Å². The Bertz CT molecular complexity index is 1350. The molecular formula is C26H25ClF4N6O2. The second-order valence-electron chi connectivity index (χ2n) is 8.27. The Morgan fingerprint density at radius 1 is 1.13 bits per heavy atom. The van der Waals surface area contributed by atoms with E-state index in [0.717, 1.165) is 6.20 Å². The van der Waals surface area contributed by atoms with Crippen LogP contribution in [0, 0.1) is 5.82 Å². The molecule has 206 valence electrons. The molecule has 3 rings (SSSR count). The molecule has 0 saturated carbocycles. The summed E-state index contributed by atoms with van der Waals surface area (Å²) >= 11 is 5.49. The molecule has 0 aliphatic heterocycles. The van der Waals surface area contributed by atoms with Crippen molar-refractivity contribution in [2.45, 2.75) is 12.6 Å². The molecular weight excluding hydrogens is 540 g/mol. The largest absolute Gasteiger partial charge is 0.419 e. The van der Waals surface area contributed by atoms with Crippen molar-refractivity contribution in [1.29, 1.82) is 0 Å². The van der Waals surface area contributed by atoms with E-state index in [4.69, 9.17) is 16.3 Å². The normalized spacial score (nSPS) is 11.7. The minimum Gasteiger partial charge on any atom is -0.383 e. The lowest BCUT2D eigenvalue weighted by Crippen LogP contribution is -2.18. The van der Waals surface area contributed by atoms with E-state index in [1.54, 1.807) is 19.3 Å². The molecule has 0 saturated heterocycles. The van der Waals surface area contributed by atoms with Crippen molar-refractivity contribution in [1.82, 2.24) is 19.9 Å². The standard InChI is InChI=1S/C26H25ClF4N6O2/c1-4-19(15-37(2)7-8-39-3)36-25-33-12-18(13-34-25)16-5-6-17(22(28)9-16)10-23(38)35-20-11-21(26(29,30)31)24(27)32-14-20/h4-6,9,11-15H,1,7-8,10H2,2-3H3,(H,35,38)(H,33,34,36)/b19-15+. The second kappa shape index (κ2) is 13.2. The number of aromatic nitrogens is 3. The van der Waals surface area contributed by atoms with Crippen molar-refractivity contribution in [3.63, 3.8) is 0 Å². The Hall–Kier alpha value is -4.03. The number of alkyl halides is 3. The molecule has 8 nitrogen and oxygen atoms in total. The third kappa shape index (κ3) is 8.48. The molecule has 0 spiro atoms. The second-order valence-corrected chi connectivity index (χ2v) is 8.63. The number of pyridine rings is 1. The van der Waals surface area contributed by atoms with Gasteiger partial charge in [-0.05, 0) is 29.3 Å². The Morgan fingerprint density at radius 3 is 2.46 bits per heavy atom. The number of allylic oxidation sites excluding steroid dienone is 1. The Labute approximate surface area is 227 Å². The van der Waals surface area contributed by atoms with Crippen molar-refractivity contribution < 1.29 is 27.1 Å². The summed E-state index contributed by atoms with van der Waals surface area (Å²) in [5.41, 5.74) is 0.316. The van der Waals surface area contributed by atoms with Gasteiger partial charge in [-0.3, -0.25) is 4.79 Å². The maximum atomic E-state index is 14.8. The van der Waals surface area contributed by atoms with E-state index in [9.17, 15) is 22.4 Å². The summed E-state index contributed by atoms with van der Waals surface area (Å²) < 4.78 is 58.8. The predicted octanol–water partition coefficient (Wildman–Crippen LogP) is 5.55. The van der Waals surface area contributed by atoms with E-state index in [2.05, 4.69) is 32.2 Å². The molecule has 0 bridgehead atoms. The fourth-order valence-corrected chi connectivity index (χ4v) is 3.52. The lowest BCUT2D eigenvalue weighted by molar-refractivity contribution is -0.137. The maximum absolute atomic E-state index is 14.8. The van der Waals surface area contributed by atoms with Crippen LogP contribution in [0.3, 0.4) is 0 Å². The molecule has 0 fully saturated rings. The van der Waals surface area contributed by atoms with Gasteiger partial charge >= 0.3 is 6.18 Å². The van der Waals surface area contributed by atoms with Gasteiger partial charge < -0.3 is 20.3 Å². The highest BCUT2D eigenvalue weighted by Gasteiger charge is 2.34. The van der Waals surface area contributed by atoms with Crippen LogP contribution in [-0.4, -0.2) is 53.1 Å². The number of amides is 1. The first kappa shape index (κ1) is 29.5. The van der Waals surface area contributed by atoms with Gasteiger partial charge in [0.1, 0.15) is 11.0 Å². The molecule has 39 heavy (non-hydrogen) atoms. The third-order valence-electron chi connectivity index (χ3n) is 5.30. The minimum atomic E-state index is -4.74. The number of likely N-dealkylation sites (N-methyl/N-ethyl adjacent to an activating group) is 1. The van der Waals surface area contributed by atoms with E-state index in [-0.39, 0.29) is 11.3 Å². The topological polar surface area (TPSA) is 92.3 Å². The first-order valence-corrected chi connectivity index (χ1v) is 11.8. The zero-order valence-electron chi connectivity index (χ0n) is 21.0. The van der Waals surface area contributed by atoms with Crippen LogP contribution in [0.5, 0.6) is 0 Å². The number of carbonyl (C=O) groups is 1. The van der Waals surface area contributed by atoms with Crippen LogP contribution in [0.1, 0.15) is 11.1 Å². The summed E-state index contributed by atoms with van der Waals surface area (Å²) in [5.74, 6) is -1.09. The third-order valence-corrected chi connectivity index (χ3v) is 5.60. The molecule has 0 radical (unpaired) electrons. The van der Waals surface area contributed by atoms with Crippen molar-refractivity contribution in [2.24, 2.45) is 0 Å². The van der Waals surface area contributed by atoms with Gasteiger partial charge in [0, 0.05) is 44.9 Å². The number of anilines is 2. The molecule has 0 unspecified atom stereocenters. The number of ether oxygens (including phenoxy) is 1. The highest BCUT2D eigenvalue weighted by atomic mass is 35.5. The molecule has 0 aliphatic carbocycles. The first-order valence-electron chi connectivity index (χ1n) is 11.4. The van der Waals surface area contributed by atoms with E-state index < -0.39 is 35.0 Å². The Kier molecular flexibility index (Phi) is 9.96. The summed E-state index contributed by atoms with van der Waals surface area (Å²) in [6.45, 7) is 5.00. The zero-order chi connectivity index (χ0) is 28.6. The van der Waals surface area contributed by atoms with Crippen molar-refractivity contribution in [3.05, 3.63) is 89.5 Å². The van der Waals surface area contributed by atoms with Crippen LogP contribution < -0.4 is 10.6 Å². The molecule has 0 atom stereocenters. The van der Waals surface area contributed by atoms with Gasteiger partial charge in [0.2, 0.25) is 11.9 Å². The highest BCUT2D eigenvalue weighted by molar-refractivity contribution is 6.30. The summed E-state index contributed by atoms with van der Waals surface area (Å²) in [4.78, 5) is 26.2. The van der Waals surface area contributed by atoms with Crippen molar-refractivity contribution in [2.75, 3.05) is 37.9 Å². The average Bonchev–Trinajstić information content (AvgIpc) is 2.89. The molecule has 1 aromatic carbocycles. The molecule has 13 heteroatoms. The van der Waals surface area contributed by atoms with Crippen LogP contribution >= 0.6 is 11.6 Å². The van der Waals surface area contributed by atoms with E-state index in [0.29, 0.717) is 42.0 Å². The SMILES string of the molecule is C=C/C(=C\N(C)CCOC)Nc1ncc(-c2ccc(CC(=O)Nc3cnc(Cl)c(C(F)(F)F)c3)c(F)c2)cn1. The van der Waals surface area contributed by atoms with Gasteiger partial charge in [0.05, 0.1) is 36.2 Å². The summed E-state index contributed by atoms with van der Waals surface area (Å²) in [5, 5.41) is 4.58. The van der Waals surface area contributed by atoms with Gasteiger partial charge in [-0.2, -0.15) is 13.2 Å². The number of halogens is 5. The van der Waals surface area contributed by atoms with Crippen molar-refractivity contribution in [3.8, 4) is 11.1 Å². The van der Waals surface area contributed by atoms with Gasteiger partial charge in [-0.1, -0.05) is 30.3 Å². The van der Waals surface area contributed by atoms with Crippen LogP contribution in [-0.2, 0) is 22.1 Å². The Morgan fingerprint density at radius 2 is 1.85 bits per heavy atom. The number of nitrogens with zero attached hydrogens (tertiary/aromatic N) is 4. The monoisotopic (exact) mass is 564 g/mol. The van der Waals surface area contributed by atoms with Crippen LogP contribution in [0.25, 0.3) is 11.1 Å². The van der Waals surface area contributed by atoms with Gasteiger partial charge in [0.25, 0.3) is 0 Å². The van der Waals surface area contributed by atoms with E-state index in [1.165, 1.54) is 24.5 Å². The Balaban J connectivity index is 1.66. The number of carbonyl (C=O) groups excluding carboxylic acids is 1. The van der Waals surface area contributed by atoms with E-state index >= 15 is 0 Å². The predicted molar refractivity (Wildman–Crippen MR) is 140 cm³/mol. The van der Waals surface area contributed by atoms with Crippen molar-refractivity contribution >= 4 is 29.1 Å². The molecule has 1 amide bonds. The summed E-state index contributed by atoms with van der Waals surface area (Å²) in [6.07, 6.45) is 2.30. The van der Waals surface area contributed by atoms with Crippen LogP contribution in [0.15, 0.2) is 67.4 Å². The summed E-state index contributed by atoms with van der Waals surface area (Å²) in [6, 6.07) is 4.88. The molecule has 3 aromatic rings. The van der Waals surface area contributed by atoms with Gasteiger partial charge in [-0.25, -0.2) is 19.3 Å². The number of nitrogens with one attached hydrogen (secondary N) is 2. The quantitative estimate of drug-likeness (QED) is 0.179. The fraction of sp³-hybridized carbons (Fsp3) is 0.231. The first-order chi connectivity index (χ1) is 18.5. The number of methoxy groups -OCH3 is 1. The average molecular weight is 565 g/mol. The molecule has 2 N–H and O–H groups in total. The maximum Gasteiger partial charge on any atom is 0.419 e. The lowest BCUT2D eigenvalue weighted by atomic mass is 10.0. The zero-order valence-corrected chi connectivity index (χ0v) is 21.8. The van der Waals surface area contributed by atoms with Crippen LogP contribution in [0.2, 0.25) is 5.15 Å². The highest BCUT2D eigenvalue weighted by Crippen LogP contribution is 2.35. The lowest BCUT2D eigenvalue weighted by Gasteiger charge is -2.15. The van der Waals surface area contributed by atoms with Gasteiger partial charge in [-0.15, -0.1) is 0 Å². The molecule has 0 aliphatic rings. The minimum absolute atomic E-state index is 0.0479. The number of hydrogen-bond acceptors (Lipinski definition) is 7. The fourth-order valence-electron chi connectivity index (χ4n) is 3.31. The number of hydrogen-bond donors (Lipinski definition) is 2.